The van der Waals surface area contributed by atoms with E-state index in [-0.39, 0.29) is 19.0 Å². The fraction of sp³-hybridized carbons (Fsp3) is 0.435. The molecule has 1 saturated heterocycles. The van der Waals surface area contributed by atoms with Gasteiger partial charge in [-0.2, -0.15) is 0 Å². The summed E-state index contributed by atoms with van der Waals surface area (Å²) in [7, 11) is 1.29. The molecule has 1 aromatic heterocycles. The summed E-state index contributed by atoms with van der Waals surface area (Å²) in [6, 6.07) is 9.98. The Morgan fingerprint density at radius 3 is 2.64 bits per heavy atom. The van der Waals surface area contributed by atoms with Gasteiger partial charge in [-0.15, -0.1) is 0 Å². The second-order valence-electron chi connectivity index (χ2n) is 7.50. The molecule has 3 rings (SSSR count). The number of imide groups is 1. The maximum atomic E-state index is 13.5. The molecule has 1 fully saturated rings. The molecule has 0 radical (unpaired) electrons. The van der Waals surface area contributed by atoms with Gasteiger partial charge in [0, 0.05) is 27.1 Å². The number of methoxy groups -OCH3 is 1. The summed E-state index contributed by atoms with van der Waals surface area (Å²) < 4.78 is 22.5. The first-order valence-electron chi connectivity index (χ1n) is 10.5. The largest absolute Gasteiger partial charge is 0.461 e. The molecule has 0 bridgehead atoms. The minimum atomic E-state index is -1.35. The first-order chi connectivity index (χ1) is 15.9. The van der Waals surface area contributed by atoms with Crippen LogP contribution in [0.25, 0.3) is 0 Å². The lowest BCUT2D eigenvalue weighted by molar-refractivity contribution is -0.164. The molecule has 1 aliphatic rings. The van der Waals surface area contributed by atoms with Gasteiger partial charge in [0.15, 0.2) is 12.2 Å². The number of rotatable bonds is 10. The van der Waals surface area contributed by atoms with Crippen LogP contribution in [0, 0.1) is 0 Å². The Labute approximate surface area is 199 Å². The number of esters is 1. The highest BCUT2D eigenvalue weighted by atomic mass is 79.9. The molecule has 0 saturated carbocycles. The predicted molar refractivity (Wildman–Crippen MR) is 119 cm³/mol. The van der Waals surface area contributed by atoms with E-state index in [2.05, 4.69) is 15.9 Å². The third-order valence-corrected chi connectivity index (χ3v) is 5.90. The van der Waals surface area contributed by atoms with Gasteiger partial charge >= 0.3 is 12.1 Å². The quantitative estimate of drug-likeness (QED) is 0.370. The number of furan rings is 1. The molecule has 3 unspecified atom stereocenters. The molecule has 2 heterocycles. The van der Waals surface area contributed by atoms with E-state index in [9.17, 15) is 14.4 Å². The zero-order valence-electron chi connectivity index (χ0n) is 18.4. The summed E-state index contributed by atoms with van der Waals surface area (Å²) in [4.78, 5) is 38.8. The number of aryl methyl sites for hydroxylation is 1. The van der Waals surface area contributed by atoms with Crippen molar-refractivity contribution in [1.29, 1.82) is 0 Å². The molecule has 3 atom stereocenters. The number of benzene rings is 1. The highest BCUT2D eigenvalue weighted by Gasteiger charge is 2.46. The average molecular weight is 524 g/mol. The van der Waals surface area contributed by atoms with Gasteiger partial charge in [0.1, 0.15) is 24.2 Å². The number of hydrogen-bond acceptors (Lipinski definition) is 8. The Morgan fingerprint density at radius 2 is 2.00 bits per heavy atom. The Balaban J connectivity index is 1.91. The summed E-state index contributed by atoms with van der Waals surface area (Å²) in [6.07, 6.45) is -1.56. The topological polar surface area (TPSA) is 116 Å². The molecule has 33 heavy (non-hydrogen) atoms. The van der Waals surface area contributed by atoms with Gasteiger partial charge in [-0.3, -0.25) is 9.59 Å². The molecule has 2 amide bonds. The van der Waals surface area contributed by atoms with Gasteiger partial charge in [0.05, 0.1) is 4.47 Å². The zero-order valence-corrected chi connectivity index (χ0v) is 19.9. The Hall–Kier alpha value is -2.69. The molecular formula is C23H26BrNO8. The van der Waals surface area contributed by atoms with Crippen LogP contribution in [-0.4, -0.2) is 54.4 Å². The van der Waals surface area contributed by atoms with Crippen LogP contribution in [0.15, 0.2) is 45.3 Å². The summed E-state index contributed by atoms with van der Waals surface area (Å²) in [6.45, 7) is 1.28. The van der Waals surface area contributed by atoms with Gasteiger partial charge in [0.2, 0.25) is 0 Å². The van der Waals surface area contributed by atoms with Crippen LogP contribution >= 0.6 is 15.9 Å². The molecule has 9 nitrogen and oxygen atoms in total. The number of hydrogen-bond donors (Lipinski definition) is 1. The third-order valence-electron chi connectivity index (χ3n) is 5.23. The number of carbonyl (C=O) groups is 3. The summed E-state index contributed by atoms with van der Waals surface area (Å²) in [5.41, 5.74) is 0.725. The Kier molecular flexibility index (Phi) is 8.65. The van der Waals surface area contributed by atoms with Gasteiger partial charge in [-0.05, 0) is 40.4 Å². The molecule has 178 valence electrons. The third kappa shape index (κ3) is 5.82. The first-order valence-corrected chi connectivity index (χ1v) is 11.3. The van der Waals surface area contributed by atoms with Crippen LogP contribution in [0.1, 0.15) is 49.0 Å². The van der Waals surface area contributed by atoms with E-state index in [1.54, 1.807) is 30.3 Å². The first kappa shape index (κ1) is 24.9. The van der Waals surface area contributed by atoms with Crippen molar-refractivity contribution in [3.8, 4) is 0 Å². The van der Waals surface area contributed by atoms with Crippen LogP contribution in [-0.2, 0) is 30.2 Å². The highest BCUT2D eigenvalue weighted by molar-refractivity contribution is 9.10. The monoisotopic (exact) mass is 523 g/mol. The number of aliphatic hydroxyl groups excluding tert-OH is 1. The number of aliphatic hydroxyl groups is 1. The van der Waals surface area contributed by atoms with E-state index in [4.69, 9.17) is 23.7 Å². The van der Waals surface area contributed by atoms with E-state index >= 15 is 0 Å². The normalized spacial score (nSPS) is 17.5. The van der Waals surface area contributed by atoms with Crippen LogP contribution < -0.4 is 0 Å². The van der Waals surface area contributed by atoms with E-state index in [1.165, 1.54) is 14.0 Å². The lowest BCUT2D eigenvalue weighted by Crippen LogP contribution is -2.45. The van der Waals surface area contributed by atoms with Crippen molar-refractivity contribution in [3.05, 3.63) is 58.0 Å². The van der Waals surface area contributed by atoms with Crippen molar-refractivity contribution in [2.75, 3.05) is 20.3 Å². The smallest absolute Gasteiger partial charge is 0.417 e. The molecule has 10 heteroatoms. The Bertz CT molecular complexity index is 976. The van der Waals surface area contributed by atoms with E-state index in [1.807, 2.05) is 6.07 Å². The lowest BCUT2D eigenvalue weighted by atomic mass is 10.0. The lowest BCUT2D eigenvalue weighted by Gasteiger charge is -2.28. The molecule has 1 aromatic carbocycles. The minimum Gasteiger partial charge on any atom is -0.461 e. The van der Waals surface area contributed by atoms with Crippen molar-refractivity contribution in [1.82, 2.24) is 4.90 Å². The number of amides is 2. The van der Waals surface area contributed by atoms with Gasteiger partial charge < -0.3 is 23.7 Å². The molecule has 1 N–H and O–H groups in total. The van der Waals surface area contributed by atoms with Crippen molar-refractivity contribution in [2.45, 2.75) is 44.4 Å². The number of unbranched alkanes of at least 4 members (excludes halogenated alkanes) is 1. The highest BCUT2D eigenvalue weighted by Crippen LogP contribution is 2.35. The standard InChI is InChI=1S/C23H26BrNO8/c1-14(27)32-20(19-12-16(24)18(33-19)10-6-7-11-26)21(30-2)22(28)25-17(13-31-23(25)29)15-8-4-3-5-9-15/h3-5,8-9,12,17,20-21,26H,6-7,10-11,13H2,1-2H3. The molecule has 0 aliphatic carbocycles. The molecular weight excluding hydrogens is 498 g/mol. The van der Waals surface area contributed by atoms with Gasteiger partial charge in [-0.25, -0.2) is 9.69 Å². The fourth-order valence-corrected chi connectivity index (χ4v) is 4.16. The predicted octanol–water partition coefficient (Wildman–Crippen LogP) is 3.70. The second kappa shape index (κ2) is 11.4. The number of nitrogens with zero attached hydrogens (tertiary/aromatic N) is 1. The maximum absolute atomic E-state index is 13.5. The van der Waals surface area contributed by atoms with Crippen molar-refractivity contribution in [2.24, 2.45) is 0 Å². The van der Waals surface area contributed by atoms with E-state index in [0.29, 0.717) is 29.5 Å². The molecule has 0 spiro atoms. The van der Waals surface area contributed by atoms with Crippen LogP contribution in [0.4, 0.5) is 4.79 Å². The second-order valence-corrected chi connectivity index (χ2v) is 8.35. The van der Waals surface area contributed by atoms with Gasteiger partial charge in [0.25, 0.3) is 5.91 Å². The molecule has 1 aliphatic heterocycles. The summed E-state index contributed by atoms with van der Waals surface area (Å²) in [5.74, 6) is -0.581. The van der Waals surface area contributed by atoms with Crippen LogP contribution in [0.3, 0.4) is 0 Å². The van der Waals surface area contributed by atoms with E-state index < -0.39 is 36.2 Å². The number of halogens is 1. The van der Waals surface area contributed by atoms with E-state index in [0.717, 1.165) is 10.5 Å². The summed E-state index contributed by atoms with van der Waals surface area (Å²) in [5, 5.41) is 9.00. The fourth-order valence-electron chi connectivity index (χ4n) is 3.66. The van der Waals surface area contributed by atoms with Crippen LogP contribution in [0.2, 0.25) is 0 Å². The van der Waals surface area contributed by atoms with Crippen molar-refractivity contribution >= 4 is 33.9 Å². The number of carbonyl (C=O) groups excluding carboxylic acids is 3. The van der Waals surface area contributed by atoms with Crippen molar-refractivity contribution < 1.29 is 38.1 Å². The van der Waals surface area contributed by atoms with Crippen LogP contribution in [0.5, 0.6) is 0 Å². The average Bonchev–Trinajstić information content (AvgIpc) is 3.36. The maximum Gasteiger partial charge on any atom is 0.417 e. The minimum absolute atomic E-state index is 0.00452. The van der Waals surface area contributed by atoms with Gasteiger partial charge in [-0.1, -0.05) is 30.3 Å². The Morgan fingerprint density at radius 1 is 1.27 bits per heavy atom. The molecule has 2 aromatic rings. The van der Waals surface area contributed by atoms with Crippen molar-refractivity contribution in [3.63, 3.8) is 0 Å². The number of cyclic esters (lactones) is 1. The SMILES string of the molecule is COC(C(=O)N1C(=O)OCC1c1ccccc1)C(OC(C)=O)c1cc(Br)c(CCCCO)o1. The number of ether oxygens (including phenoxy) is 3. The zero-order chi connectivity index (χ0) is 24.0. The summed E-state index contributed by atoms with van der Waals surface area (Å²) >= 11 is 3.42.